The van der Waals surface area contributed by atoms with Crippen LogP contribution in [-0.4, -0.2) is 69.8 Å². The second-order valence-corrected chi connectivity index (χ2v) is 13.2. The maximum atomic E-state index is 13.3. The van der Waals surface area contributed by atoms with E-state index in [1.807, 2.05) is 30.6 Å². The van der Waals surface area contributed by atoms with Crippen LogP contribution in [0.3, 0.4) is 0 Å². The number of benzene rings is 1. The highest BCUT2D eigenvalue weighted by Gasteiger charge is 2.73. The van der Waals surface area contributed by atoms with E-state index >= 15 is 0 Å². The van der Waals surface area contributed by atoms with E-state index in [-0.39, 0.29) is 29.8 Å². The van der Waals surface area contributed by atoms with Crippen LogP contribution in [0.1, 0.15) is 48.1 Å². The number of aliphatic hydroxyl groups is 1. The van der Waals surface area contributed by atoms with Gasteiger partial charge in [0.2, 0.25) is 5.91 Å². The summed E-state index contributed by atoms with van der Waals surface area (Å²) in [4.78, 5) is 18.6. The number of amides is 1. The molecule has 3 heterocycles. The van der Waals surface area contributed by atoms with Gasteiger partial charge in [-0.3, -0.25) is 9.69 Å². The highest BCUT2D eigenvalue weighted by molar-refractivity contribution is 9.10. The average Bonchev–Trinajstić information content (AvgIpc) is 3.46. The molecule has 2 saturated carbocycles. The van der Waals surface area contributed by atoms with Crippen molar-refractivity contribution in [1.82, 2.24) is 9.80 Å². The number of carbonyl (C=O) groups excluding carboxylic acids is 1. The Bertz CT molecular complexity index is 1270. The summed E-state index contributed by atoms with van der Waals surface area (Å²) in [6.45, 7) is 1.97. The number of piperidine rings is 1. The lowest BCUT2D eigenvalue weighted by molar-refractivity contribution is -0.200. The van der Waals surface area contributed by atoms with Crippen LogP contribution in [0.5, 0.6) is 11.5 Å². The Hall–Kier alpha value is -1.87. The van der Waals surface area contributed by atoms with Gasteiger partial charge in [0.05, 0.1) is 17.1 Å². The summed E-state index contributed by atoms with van der Waals surface area (Å²) in [6, 6.07) is 5.60. The van der Waals surface area contributed by atoms with Crippen LogP contribution in [0.2, 0.25) is 0 Å². The molecule has 0 radical (unpaired) electrons. The van der Waals surface area contributed by atoms with Crippen molar-refractivity contribution < 1.29 is 19.7 Å². The van der Waals surface area contributed by atoms with Crippen molar-refractivity contribution >= 4 is 39.2 Å². The highest BCUT2D eigenvalue weighted by Crippen LogP contribution is 2.66. The lowest BCUT2D eigenvalue weighted by atomic mass is 9.48. The number of hydrogen-bond donors (Lipinski definition) is 2. The predicted octanol–water partition coefficient (Wildman–Crippen LogP) is 4.32. The minimum absolute atomic E-state index is 0.0417. The number of hydrogen-bond acceptors (Lipinski definition) is 6. The third-order valence-corrected chi connectivity index (χ3v) is 11.2. The number of phenols is 1. The zero-order valence-corrected chi connectivity index (χ0v) is 22.7. The number of ether oxygens (including phenoxy) is 1. The molecule has 2 N–H and O–H groups in total. The molecule has 1 aromatic heterocycles. The van der Waals surface area contributed by atoms with Crippen molar-refractivity contribution in [2.24, 2.45) is 5.92 Å². The Morgan fingerprint density at radius 1 is 1.33 bits per heavy atom. The molecule has 3 fully saturated rings. The van der Waals surface area contributed by atoms with Gasteiger partial charge in [-0.25, -0.2) is 0 Å². The summed E-state index contributed by atoms with van der Waals surface area (Å²) in [5.74, 6) is 1.34. The van der Waals surface area contributed by atoms with Crippen molar-refractivity contribution in [2.75, 3.05) is 20.1 Å². The number of aromatic hydroxyl groups is 1. The van der Waals surface area contributed by atoms with Gasteiger partial charge in [0.25, 0.3) is 0 Å². The molecule has 36 heavy (non-hydrogen) atoms. The molecule has 0 unspecified atom stereocenters. The van der Waals surface area contributed by atoms with E-state index in [1.165, 1.54) is 18.4 Å². The first kappa shape index (κ1) is 23.3. The molecule has 2 aromatic rings. The zero-order valence-electron chi connectivity index (χ0n) is 20.3. The second kappa shape index (κ2) is 8.06. The number of carbonyl (C=O) groups is 1. The fourth-order valence-electron chi connectivity index (χ4n) is 7.70. The van der Waals surface area contributed by atoms with E-state index in [0.717, 1.165) is 46.8 Å². The number of nitrogens with zero attached hydrogens (tertiary/aromatic N) is 2. The Balaban J connectivity index is 1.26. The molecule has 190 valence electrons. The molecule has 1 spiro atoms. The van der Waals surface area contributed by atoms with Crippen molar-refractivity contribution in [3.63, 3.8) is 0 Å². The lowest BCUT2D eigenvalue weighted by Gasteiger charge is -2.64. The molecule has 5 atom stereocenters. The maximum absolute atomic E-state index is 13.3. The predicted molar refractivity (Wildman–Crippen MR) is 142 cm³/mol. The van der Waals surface area contributed by atoms with E-state index in [0.29, 0.717) is 18.6 Å². The van der Waals surface area contributed by atoms with Crippen LogP contribution in [0, 0.1) is 5.92 Å². The van der Waals surface area contributed by atoms with Gasteiger partial charge in [0.1, 0.15) is 6.10 Å². The molecule has 3 aliphatic carbocycles. The molecule has 2 bridgehead atoms. The van der Waals surface area contributed by atoms with Crippen molar-refractivity contribution in [3.8, 4) is 11.5 Å². The summed E-state index contributed by atoms with van der Waals surface area (Å²) < 4.78 is 7.61. The van der Waals surface area contributed by atoms with Crippen LogP contribution in [-0.2, 0) is 16.6 Å². The van der Waals surface area contributed by atoms with Gasteiger partial charge in [-0.15, -0.1) is 11.3 Å². The average molecular weight is 572 g/mol. The number of thiophene rings is 1. The van der Waals surface area contributed by atoms with Gasteiger partial charge in [0, 0.05) is 46.0 Å². The Morgan fingerprint density at radius 3 is 2.92 bits per heavy atom. The summed E-state index contributed by atoms with van der Waals surface area (Å²) in [7, 11) is 1.85. The van der Waals surface area contributed by atoms with E-state index in [1.54, 1.807) is 28.4 Å². The number of likely N-dealkylation sites (N-methyl/N-ethyl adjacent to an activating group) is 1. The summed E-state index contributed by atoms with van der Waals surface area (Å²) in [6.07, 6.45) is 8.52. The van der Waals surface area contributed by atoms with Crippen molar-refractivity contribution in [3.05, 3.63) is 50.1 Å². The van der Waals surface area contributed by atoms with Gasteiger partial charge in [-0.1, -0.05) is 6.07 Å². The first-order valence-electron chi connectivity index (χ1n) is 13.0. The van der Waals surface area contributed by atoms with Crippen molar-refractivity contribution in [2.45, 2.75) is 67.7 Å². The van der Waals surface area contributed by atoms with Crippen molar-refractivity contribution in [1.29, 1.82) is 0 Å². The quantitative estimate of drug-likeness (QED) is 0.524. The fraction of sp³-hybridized carbons (Fsp3) is 0.536. The van der Waals surface area contributed by atoms with Crippen LogP contribution >= 0.6 is 27.3 Å². The van der Waals surface area contributed by atoms with Gasteiger partial charge in [-0.2, -0.15) is 0 Å². The van der Waals surface area contributed by atoms with E-state index < -0.39 is 11.0 Å². The number of phenolic OH excluding ortho intramolecular Hbond substituents is 1. The number of rotatable bonds is 5. The fourth-order valence-corrected chi connectivity index (χ4v) is 9.04. The molecule has 8 heteroatoms. The van der Waals surface area contributed by atoms with Crippen LogP contribution in [0.15, 0.2) is 34.1 Å². The zero-order chi connectivity index (χ0) is 24.8. The largest absolute Gasteiger partial charge is 0.504 e. The summed E-state index contributed by atoms with van der Waals surface area (Å²) in [5.41, 5.74) is 0.635. The SMILES string of the molecule is CN(C(=O)/C=C/c1cc(Br)cs1)[C@@H]1CC[C@@]2(O)[C@H]3Cc4ccc(O)c5c4[C@@]2(CCN3CC2CC2)[C@H]1O5. The molecule has 5 aliphatic rings. The standard InChI is InChI=1S/C28H31BrN2O4S/c1-30(23(33)7-5-19-13-18(29)15-36-19)20-8-9-28(34)22-12-17-4-6-21(32)25-24(17)27(28,26(20)35-25)10-11-31(22)14-16-2-3-16/h4-7,13,15-16,20,22,26,32,34H,2-3,8-12,14H2,1H3/b7-5+/t20-,22-,26+,27+,28-/m1/s1. The number of likely N-dealkylation sites (tertiary alicyclic amines) is 1. The Labute approximate surface area is 223 Å². The van der Waals surface area contributed by atoms with Gasteiger partial charge in [0.15, 0.2) is 11.5 Å². The van der Waals surface area contributed by atoms with Crippen LogP contribution in [0.4, 0.5) is 0 Å². The highest BCUT2D eigenvalue weighted by atomic mass is 79.9. The van der Waals surface area contributed by atoms with E-state index in [4.69, 9.17) is 4.74 Å². The van der Waals surface area contributed by atoms with Crippen LogP contribution in [0.25, 0.3) is 6.08 Å². The molecule has 6 nitrogen and oxygen atoms in total. The molecule has 1 saturated heterocycles. The van der Waals surface area contributed by atoms with Gasteiger partial charge < -0.3 is 19.8 Å². The number of halogens is 1. The molecular formula is C28H31BrN2O4S. The second-order valence-electron chi connectivity index (χ2n) is 11.3. The molecule has 1 aromatic carbocycles. The monoisotopic (exact) mass is 570 g/mol. The Kier molecular flexibility index (Phi) is 5.21. The van der Waals surface area contributed by atoms with Crippen LogP contribution < -0.4 is 4.74 Å². The molecule has 2 aliphatic heterocycles. The first-order valence-corrected chi connectivity index (χ1v) is 14.7. The molecule has 7 rings (SSSR count). The van der Waals surface area contributed by atoms with Gasteiger partial charge in [-0.05, 0) is 90.7 Å². The lowest BCUT2D eigenvalue weighted by Crippen LogP contribution is -2.78. The smallest absolute Gasteiger partial charge is 0.246 e. The third-order valence-electron chi connectivity index (χ3n) is 9.55. The minimum Gasteiger partial charge on any atom is -0.504 e. The minimum atomic E-state index is -0.934. The maximum Gasteiger partial charge on any atom is 0.246 e. The normalized spacial score (nSPS) is 34.5. The summed E-state index contributed by atoms with van der Waals surface area (Å²) in [5, 5.41) is 25.4. The molecular weight excluding hydrogens is 540 g/mol. The first-order chi connectivity index (χ1) is 17.3. The molecule has 1 amide bonds. The Morgan fingerprint density at radius 2 is 2.17 bits per heavy atom. The topological polar surface area (TPSA) is 73.2 Å². The summed E-state index contributed by atoms with van der Waals surface area (Å²) >= 11 is 5.05. The third kappa shape index (κ3) is 3.17. The van der Waals surface area contributed by atoms with E-state index in [9.17, 15) is 15.0 Å². The van der Waals surface area contributed by atoms with Gasteiger partial charge >= 0.3 is 0 Å². The van der Waals surface area contributed by atoms with E-state index in [2.05, 4.69) is 20.8 Å².